The van der Waals surface area contributed by atoms with Crippen molar-refractivity contribution < 1.29 is 9.20 Å². The molecule has 0 bridgehead atoms. The minimum absolute atomic E-state index is 0.102. The van der Waals surface area contributed by atoms with Crippen molar-refractivity contribution in [1.29, 1.82) is 0 Å². The molecule has 1 fully saturated rings. The minimum atomic E-state index is -0.102. The molecule has 9 heteroatoms. The van der Waals surface area contributed by atoms with Crippen LogP contribution in [0.1, 0.15) is 40.7 Å². The zero-order valence-corrected chi connectivity index (χ0v) is 22.9. The zero-order chi connectivity index (χ0) is 26.2. The van der Waals surface area contributed by atoms with Gasteiger partial charge in [-0.1, -0.05) is 30.4 Å². The molecule has 1 aliphatic heterocycles. The average molecular weight is 527 g/mol. The Hall–Kier alpha value is -3.69. The number of fused-ring (bicyclic) bond motifs is 5. The van der Waals surface area contributed by atoms with E-state index in [2.05, 4.69) is 67.7 Å². The van der Waals surface area contributed by atoms with Crippen LogP contribution < -0.4 is 14.6 Å². The summed E-state index contributed by atoms with van der Waals surface area (Å²) in [7, 11) is 2.18. The van der Waals surface area contributed by atoms with Gasteiger partial charge in [0.1, 0.15) is 5.56 Å². The quantitative estimate of drug-likeness (QED) is 0.350. The molecule has 6 rings (SSSR count). The molecule has 5 aromatic rings. The number of nitrogens with one attached hydrogen (secondary N) is 1. The van der Waals surface area contributed by atoms with Crippen LogP contribution in [0.3, 0.4) is 0 Å². The molecule has 1 aromatic carbocycles. The van der Waals surface area contributed by atoms with Crippen LogP contribution in [-0.4, -0.2) is 59.0 Å². The van der Waals surface area contributed by atoms with E-state index in [9.17, 15) is 4.79 Å². The molecule has 0 atom stereocenters. The molecule has 0 saturated carbocycles. The van der Waals surface area contributed by atoms with Gasteiger partial charge in [0.05, 0.1) is 34.2 Å². The van der Waals surface area contributed by atoms with Crippen molar-refractivity contribution >= 4 is 49.1 Å². The van der Waals surface area contributed by atoms with Crippen molar-refractivity contribution in [2.24, 2.45) is 0 Å². The van der Waals surface area contributed by atoms with Gasteiger partial charge < -0.3 is 15.1 Å². The number of benzene rings is 1. The molecular weight excluding hydrogens is 494 g/mol. The molecule has 0 spiro atoms. The molecule has 0 radical (unpaired) electrons. The molecule has 1 amide bonds. The van der Waals surface area contributed by atoms with Crippen LogP contribution in [0.5, 0.6) is 0 Å². The van der Waals surface area contributed by atoms with Crippen LogP contribution in [0.25, 0.3) is 26.1 Å². The molecule has 1 N–H and O–H groups in total. The summed E-state index contributed by atoms with van der Waals surface area (Å²) in [4.78, 5) is 33.4. The number of hydrogen-bond acceptors (Lipinski definition) is 7. The highest BCUT2D eigenvalue weighted by Crippen LogP contribution is 2.32. The number of pyridine rings is 2. The van der Waals surface area contributed by atoms with Crippen LogP contribution in [0, 0.1) is 6.92 Å². The number of thiazole rings is 1. The van der Waals surface area contributed by atoms with Gasteiger partial charge >= 0.3 is 5.65 Å². The normalized spacial score (nSPS) is 14.9. The predicted molar refractivity (Wildman–Crippen MR) is 152 cm³/mol. The smallest absolute Gasteiger partial charge is 0.339 e. The van der Waals surface area contributed by atoms with Gasteiger partial charge in [-0.2, -0.15) is 4.40 Å². The SMILES string of the molecule is CCc1c(C(=O)NCc2cnc(C)cn2)c2sc3ccccc3[n+]2c2nc(N3CCCN(C)CC3)ccc12. The maximum Gasteiger partial charge on any atom is 0.339 e. The van der Waals surface area contributed by atoms with E-state index in [0.717, 1.165) is 87.9 Å². The highest BCUT2D eigenvalue weighted by molar-refractivity contribution is 7.23. The topological polar surface area (TPSA) is 78.3 Å². The fourth-order valence-corrected chi connectivity index (χ4v) is 6.50. The molecule has 38 heavy (non-hydrogen) atoms. The zero-order valence-electron chi connectivity index (χ0n) is 22.1. The Bertz CT molecular complexity index is 1650. The first-order valence-corrected chi connectivity index (χ1v) is 14.0. The summed E-state index contributed by atoms with van der Waals surface area (Å²) in [5, 5.41) is 4.12. The van der Waals surface area contributed by atoms with Crippen LogP contribution in [0.15, 0.2) is 48.8 Å². The van der Waals surface area contributed by atoms with E-state index < -0.39 is 0 Å². The third-order valence-corrected chi connectivity index (χ3v) is 8.46. The van der Waals surface area contributed by atoms with Gasteiger partial charge in [0.2, 0.25) is 10.6 Å². The molecule has 4 aromatic heterocycles. The van der Waals surface area contributed by atoms with E-state index in [1.807, 2.05) is 19.1 Å². The summed E-state index contributed by atoms with van der Waals surface area (Å²) in [5.41, 5.74) is 5.30. The lowest BCUT2D eigenvalue weighted by molar-refractivity contribution is -0.449. The molecule has 1 aliphatic rings. The number of hydrogen-bond donors (Lipinski definition) is 1. The first-order valence-electron chi connectivity index (χ1n) is 13.2. The van der Waals surface area contributed by atoms with Crippen LogP contribution in [-0.2, 0) is 13.0 Å². The number of aromatic nitrogens is 4. The number of anilines is 1. The van der Waals surface area contributed by atoms with Gasteiger partial charge in [-0.05, 0) is 62.1 Å². The van der Waals surface area contributed by atoms with E-state index in [4.69, 9.17) is 4.98 Å². The molecule has 0 aliphatic carbocycles. The fourth-order valence-electron chi connectivity index (χ4n) is 5.29. The fraction of sp³-hybridized carbons (Fsp3) is 0.345. The number of aryl methyl sites for hydroxylation is 2. The lowest BCUT2D eigenvalue weighted by Gasteiger charge is -2.19. The van der Waals surface area contributed by atoms with Gasteiger partial charge in [-0.25, -0.2) is 0 Å². The minimum Gasteiger partial charge on any atom is -0.346 e. The van der Waals surface area contributed by atoms with Crippen molar-refractivity contribution in [3.05, 3.63) is 71.3 Å². The largest absolute Gasteiger partial charge is 0.346 e. The summed E-state index contributed by atoms with van der Waals surface area (Å²) in [6, 6.07) is 12.6. The highest BCUT2D eigenvalue weighted by atomic mass is 32.1. The lowest BCUT2D eigenvalue weighted by atomic mass is 10.0. The maximum absolute atomic E-state index is 13.8. The second-order valence-electron chi connectivity index (χ2n) is 9.93. The van der Waals surface area contributed by atoms with Gasteiger partial charge in [0.15, 0.2) is 5.52 Å². The van der Waals surface area contributed by atoms with Crippen molar-refractivity contribution in [3.63, 3.8) is 0 Å². The van der Waals surface area contributed by atoms with Gasteiger partial charge in [0, 0.05) is 31.9 Å². The number of likely N-dealkylation sites (N-methyl/N-ethyl adjacent to an activating group) is 1. The maximum atomic E-state index is 13.8. The Balaban J connectivity index is 1.51. The van der Waals surface area contributed by atoms with Crippen molar-refractivity contribution in [2.45, 2.75) is 33.2 Å². The van der Waals surface area contributed by atoms with Crippen molar-refractivity contribution in [3.8, 4) is 0 Å². The first-order chi connectivity index (χ1) is 18.5. The predicted octanol–water partition coefficient (Wildman–Crippen LogP) is 3.92. The summed E-state index contributed by atoms with van der Waals surface area (Å²) in [6.45, 7) is 8.40. The van der Waals surface area contributed by atoms with E-state index in [1.54, 1.807) is 23.7 Å². The standard InChI is InChI=1S/C29H31N7OS/c1-4-21-22-10-11-25(35-13-7-12-34(3)14-15-35)33-27(22)36-23-8-5-6-9-24(23)38-29(36)26(21)28(37)32-18-20-17-30-19(2)16-31-20/h5-6,8-11,16-17H,4,7,12-15,18H2,1-3H3/p+1. The lowest BCUT2D eigenvalue weighted by Crippen LogP contribution is -2.32. The molecular formula is C29H32N7OS+. The van der Waals surface area contributed by atoms with Gasteiger partial charge in [0.25, 0.3) is 5.91 Å². The van der Waals surface area contributed by atoms with Crippen molar-refractivity contribution in [1.82, 2.24) is 25.2 Å². The van der Waals surface area contributed by atoms with Crippen molar-refractivity contribution in [2.75, 3.05) is 38.1 Å². The summed E-state index contributed by atoms with van der Waals surface area (Å²) in [5.74, 6) is 0.892. The number of para-hydroxylation sites is 1. The van der Waals surface area contributed by atoms with E-state index in [1.165, 1.54) is 0 Å². The Kier molecular flexibility index (Phi) is 6.63. The second-order valence-corrected chi connectivity index (χ2v) is 11.0. The highest BCUT2D eigenvalue weighted by Gasteiger charge is 2.29. The molecule has 8 nitrogen and oxygen atoms in total. The average Bonchev–Trinajstić information content (AvgIpc) is 3.19. The molecule has 1 saturated heterocycles. The first kappa shape index (κ1) is 24.6. The third-order valence-electron chi connectivity index (χ3n) is 7.32. The monoisotopic (exact) mass is 526 g/mol. The second kappa shape index (κ2) is 10.2. The number of carbonyl (C=O) groups excluding carboxylic acids is 1. The van der Waals surface area contributed by atoms with Crippen LogP contribution in [0.4, 0.5) is 5.82 Å². The summed E-state index contributed by atoms with van der Waals surface area (Å²) >= 11 is 1.64. The molecule has 5 heterocycles. The Morgan fingerprint density at radius 1 is 1.08 bits per heavy atom. The summed E-state index contributed by atoms with van der Waals surface area (Å²) in [6.07, 6.45) is 5.28. The van der Waals surface area contributed by atoms with E-state index in [0.29, 0.717) is 12.1 Å². The third kappa shape index (κ3) is 4.46. The summed E-state index contributed by atoms with van der Waals surface area (Å²) < 4.78 is 3.31. The Labute approximate surface area is 226 Å². The van der Waals surface area contributed by atoms with Gasteiger partial charge in [-0.15, -0.1) is 0 Å². The molecule has 0 unspecified atom stereocenters. The Morgan fingerprint density at radius 3 is 2.76 bits per heavy atom. The van der Waals surface area contributed by atoms with Crippen LogP contribution >= 0.6 is 11.3 Å². The number of rotatable bonds is 5. The Morgan fingerprint density at radius 2 is 1.95 bits per heavy atom. The van der Waals surface area contributed by atoms with Gasteiger partial charge in [-0.3, -0.25) is 14.8 Å². The van der Waals surface area contributed by atoms with Crippen LogP contribution in [0.2, 0.25) is 0 Å². The number of nitrogens with zero attached hydrogens (tertiary/aromatic N) is 6. The van der Waals surface area contributed by atoms with E-state index >= 15 is 0 Å². The number of carbonyl (C=O) groups is 1. The molecule has 194 valence electrons. The number of amides is 1. The van der Waals surface area contributed by atoms with E-state index in [-0.39, 0.29) is 5.91 Å².